The van der Waals surface area contributed by atoms with Gasteiger partial charge in [-0.15, -0.1) is 6.58 Å². The SMILES string of the molecule is C=CCN(c1nc2ccccc2nc1C)C(CC(C)C)C(=O)NC1CCCCC1. The van der Waals surface area contributed by atoms with Gasteiger partial charge in [0.25, 0.3) is 0 Å². The second-order valence-corrected chi connectivity index (χ2v) is 8.55. The van der Waals surface area contributed by atoms with Crippen LogP contribution in [0.1, 0.15) is 58.1 Å². The van der Waals surface area contributed by atoms with Gasteiger partial charge in [0.2, 0.25) is 5.91 Å². The number of aryl methyl sites for hydroxylation is 1. The Morgan fingerprint density at radius 3 is 2.48 bits per heavy atom. The maximum Gasteiger partial charge on any atom is 0.242 e. The summed E-state index contributed by atoms with van der Waals surface area (Å²) in [6.45, 7) is 10.8. The third-order valence-electron chi connectivity index (χ3n) is 5.64. The predicted octanol–water partition coefficient (Wildman–Crippen LogP) is 4.79. The van der Waals surface area contributed by atoms with E-state index < -0.39 is 0 Å². The van der Waals surface area contributed by atoms with E-state index >= 15 is 0 Å². The first-order valence-electron chi connectivity index (χ1n) is 10.9. The molecule has 3 rings (SSSR count). The van der Waals surface area contributed by atoms with Gasteiger partial charge >= 0.3 is 0 Å². The molecule has 1 heterocycles. The molecule has 1 aromatic heterocycles. The molecule has 0 saturated heterocycles. The molecule has 5 heteroatoms. The van der Waals surface area contributed by atoms with Crippen molar-refractivity contribution in [1.82, 2.24) is 15.3 Å². The number of hydrogen-bond donors (Lipinski definition) is 1. The first kappa shape index (κ1) is 21.3. The molecule has 156 valence electrons. The van der Waals surface area contributed by atoms with Crippen molar-refractivity contribution < 1.29 is 4.79 Å². The first-order valence-corrected chi connectivity index (χ1v) is 10.9. The van der Waals surface area contributed by atoms with Crippen molar-refractivity contribution in [2.45, 2.75) is 71.4 Å². The van der Waals surface area contributed by atoms with Crippen LogP contribution in [0.2, 0.25) is 0 Å². The molecular formula is C24H34N4O. The van der Waals surface area contributed by atoms with Crippen molar-refractivity contribution in [3.8, 4) is 0 Å². The highest BCUT2D eigenvalue weighted by molar-refractivity contribution is 5.86. The van der Waals surface area contributed by atoms with Gasteiger partial charge in [-0.25, -0.2) is 9.97 Å². The second-order valence-electron chi connectivity index (χ2n) is 8.55. The Bertz CT molecular complexity index is 842. The number of benzene rings is 1. The van der Waals surface area contributed by atoms with Crippen LogP contribution in [0.25, 0.3) is 11.0 Å². The zero-order valence-electron chi connectivity index (χ0n) is 18.0. The number of nitrogens with zero attached hydrogens (tertiary/aromatic N) is 3. The van der Waals surface area contributed by atoms with E-state index in [9.17, 15) is 4.79 Å². The zero-order chi connectivity index (χ0) is 20.8. The standard InChI is InChI=1S/C24H34N4O/c1-5-15-28(23-18(4)25-20-13-9-10-14-21(20)27-23)22(16-17(2)3)24(29)26-19-11-7-6-8-12-19/h5,9-10,13-14,17,19,22H,1,6-8,11-12,15-16H2,2-4H3,(H,26,29). The summed E-state index contributed by atoms with van der Waals surface area (Å²) in [5.74, 6) is 1.26. The van der Waals surface area contributed by atoms with Crippen LogP contribution >= 0.6 is 0 Å². The van der Waals surface area contributed by atoms with Crippen LogP contribution in [0, 0.1) is 12.8 Å². The van der Waals surface area contributed by atoms with Gasteiger partial charge in [-0.1, -0.05) is 51.3 Å². The highest BCUT2D eigenvalue weighted by Gasteiger charge is 2.30. The minimum absolute atomic E-state index is 0.0989. The van der Waals surface area contributed by atoms with E-state index in [-0.39, 0.29) is 11.9 Å². The van der Waals surface area contributed by atoms with E-state index in [2.05, 4.69) is 30.6 Å². The Morgan fingerprint density at radius 2 is 1.86 bits per heavy atom. The molecule has 1 atom stereocenters. The van der Waals surface area contributed by atoms with E-state index in [1.54, 1.807) is 0 Å². The lowest BCUT2D eigenvalue weighted by atomic mass is 9.94. The Balaban J connectivity index is 1.94. The minimum atomic E-state index is -0.288. The molecule has 1 fully saturated rings. The van der Waals surface area contributed by atoms with Crippen LogP contribution in [0.15, 0.2) is 36.9 Å². The van der Waals surface area contributed by atoms with Crippen LogP contribution in [-0.2, 0) is 4.79 Å². The van der Waals surface area contributed by atoms with Crippen molar-refractivity contribution in [1.29, 1.82) is 0 Å². The number of nitrogens with one attached hydrogen (secondary N) is 1. The van der Waals surface area contributed by atoms with E-state index in [0.29, 0.717) is 18.5 Å². The third kappa shape index (κ3) is 5.34. The lowest BCUT2D eigenvalue weighted by Gasteiger charge is -2.34. The summed E-state index contributed by atoms with van der Waals surface area (Å²) in [4.78, 5) is 25.1. The van der Waals surface area contributed by atoms with Crippen LogP contribution < -0.4 is 10.2 Å². The molecular weight excluding hydrogens is 360 g/mol. The van der Waals surface area contributed by atoms with Gasteiger partial charge in [-0.3, -0.25) is 4.79 Å². The smallest absolute Gasteiger partial charge is 0.242 e. The first-order chi connectivity index (χ1) is 14.0. The summed E-state index contributed by atoms with van der Waals surface area (Å²) >= 11 is 0. The number of para-hydroxylation sites is 2. The average Bonchev–Trinajstić information content (AvgIpc) is 2.71. The molecule has 1 N–H and O–H groups in total. The minimum Gasteiger partial charge on any atom is -0.352 e. The maximum atomic E-state index is 13.4. The molecule has 1 saturated carbocycles. The van der Waals surface area contributed by atoms with Gasteiger partial charge in [0, 0.05) is 12.6 Å². The molecule has 0 bridgehead atoms. The molecule has 0 spiro atoms. The lowest BCUT2D eigenvalue weighted by Crippen LogP contribution is -2.51. The van der Waals surface area contributed by atoms with Gasteiger partial charge in [0.15, 0.2) is 5.82 Å². The number of hydrogen-bond acceptors (Lipinski definition) is 4. The number of aromatic nitrogens is 2. The average molecular weight is 395 g/mol. The number of anilines is 1. The fourth-order valence-corrected chi connectivity index (χ4v) is 4.22. The molecule has 1 aromatic carbocycles. The number of carbonyl (C=O) groups is 1. The quantitative estimate of drug-likeness (QED) is 0.654. The summed E-state index contributed by atoms with van der Waals surface area (Å²) in [7, 11) is 0. The molecule has 1 amide bonds. The molecule has 0 radical (unpaired) electrons. The fourth-order valence-electron chi connectivity index (χ4n) is 4.22. The van der Waals surface area contributed by atoms with E-state index in [1.807, 2.05) is 37.3 Å². The summed E-state index contributed by atoms with van der Waals surface area (Å²) < 4.78 is 0. The van der Waals surface area contributed by atoms with Gasteiger partial charge in [-0.2, -0.15) is 0 Å². The Labute approximate surface area is 174 Å². The fraction of sp³-hybridized carbons (Fsp3) is 0.542. The van der Waals surface area contributed by atoms with Crippen LogP contribution in [-0.4, -0.2) is 34.5 Å². The second kappa shape index (κ2) is 9.86. The monoisotopic (exact) mass is 394 g/mol. The van der Waals surface area contributed by atoms with Gasteiger partial charge in [-0.05, 0) is 44.2 Å². The van der Waals surface area contributed by atoms with Crippen LogP contribution in [0.4, 0.5) is 5.82 Å². The van der Waals surface area contributed by atoms with Crippen molar-refractivity contribution in [3.63, 3.8) is 0 Å². The van der Waals surface area contributed by atoms with Crippen molar-refractivity contribution in [2.24, 2.45) is 5.92 Å². The summed E-state index contributed by atoms with van der Waals surface area (Å²) in [5, 5.41) is 3.33. The molecule has 0 aliphatic heterocycles. The molecule has 1 aliphatic rings. The van der Waals surface area contributed by atoms with E-state index in [0.717, 1.165) is 41.8 Å². The van der Waals surface area contributed by atoms with Gasteiger partial charge < -0.3 is 10.2 Å². The van der Waals surface area contributed by atoms with Crippen molar-refractivity contribution in [2.75, 3.05) is 11.4 Å². The lowest BCUT2D eigenvalue weighted by molar-refractivity contribution is -0.123. The Kier molecular flexibility index (Phi) is 7.24. The molecule has 1 aliphatic carbocycles. The predicted molar refractivity (Wildman–Crippen MR) is 120 cm³/mol. The molecule has 29 heavy (non-hydrogen) atoms. The number of carbonyl (C=O) groups excluding carboxylic acids is 1. The topological polar surface area (TPSA) is 58.1 Å². The Morgan fingerprint density at radius 1 is 1.21 bits per heavy atom. The summed E-state index contributed by atoms with van der Waals surface area (Å²) in [5.41, 5.74) is 2.56. The molecule has 5 nitrogen and oxygen atoms in total. The normalized spacial score (nSPS) is 16.0. The number of rotatable bonds is 8. The van der Waals surface area contributed by atoms with Gasteiger partial charge in [0.1, 0.15) is 6.04 Å². The zero-order valence-corrected chi connectivity index (χ0v) is 18.0. The Hall–Kier alpha value is -2.43. The van der Waals surface area contributed by atoms with Gasteiger partial charge in [0.05, 0.1) is 16.7 Å². The van der Waals surface area contributed by atoms with Crippen molar-refractivity contribution >= 4 is 22.8 Å². The summed E-state index contributed by atoms with van der Waals surface area (Å²) in [6, 6.07) is 7.88. The van der Waals surface area contributed by atoms with E-state index in [1.165, 1.54) is 19.3 Å². The number of amides is 1. The molecule has 1 unspecified atom stereocenters. The van der Waals surface area contributed by atoms with Crippen molar-refractivity contribution in [3.05, 3.63) is 42.6 Å². The number of fused-ring (bicyclic) bond motifs is 1. The highest BCUT2D eigenvalue weighted by Crippen LogP contribution is 2.25. The van der Waals surface area contributed by atoms with Crippen LogP contribution in [0.3, 0.4) is 0 Å². The third-order valence-corrected chi connectivity index (χ3v) is 5.64. The maximum absolute atomic E-state index is 13.4. The summed E-state index contributed by atoms with van der Waals surface area (Å²) in [6.07, 6.45) is 8.44. The highest BCUT2D eigenvalue weighted by atomic mass is 16.2. The van der Waals surface area contributed by atoms with E-state index in [4.69, 9.17) is 9.97 Å². The molecule has 2 aromatic rings. The van der Waals surface area contributed by atoms with Crippen LogP contribution in [0.5, 0.6) is 0 Å². The largest absolute Gasteiger partial charge is 0.352 e.